The van der Waals surface area contributed by atoms with E-state index < -0.39 is 0 Å². The number of ether oxygens (including phenoxy) is 1. The van der Waals surface area contributed by atoms with Crippen molar-refractivity contribution in [1.82, 2.24) is 24.6 Å². The minimum Gasteiger partial charge on any atom is -0.497 e. The second kappa shape index (κ2) is 5.89. The number of hydrogen-bond acceptors (Lipinski definition) is 7. The Labute approximate surface area is 142 Å². The van der Waals surface area contributed by atoms with Gasteiger partial charge in [-0.3, -0.25) is 0 Å². The third kappa shape index (κ3) is 2.67. The van der Waals surface area contributed by atoms with Crippen LogP contribution in [0.5, 0.6) is 5.75 Å². The standard InChI is InChI=1S/C16H14N6OS/c1-10-7-14(18-9-17-10)19-15-20-16-22(21-15)13(8-24-16)11-3-5-12(23-2)6-4-11/h3-9H,1-2H3,(H,17,18,19,21). The van der Waals surface area contributed by atoms with Gasteiger partial charge in [0.05, 0.1) is 12.8 Å². The molecule has 0 saturated carbocycles. The van der Waals surface area contributed by atoms with Gasteiger partial charge in [-0.05, 0) is 31.2 Å². The second-order valence-corrected chi connectivity index (χ2v) is 5.99. The lowest BCUT2D eigenvalue weighted by Gasteiger charge is -2.02. The van der Waals surface area contributed by atoms with E-state index in [1.807, 2.05) is 47.2 Å². The van der Waals surface area contributed by atoms with Crippen LogP contribution < -0.4 is 10.1 Å². The summed E-state index contributed by atoms with van der Waals surface area (Å²) in [5.74, 6) is 2.01. The Morgan fingerprint density at radius 1 is 1.17 bits per heavy atom. The van der Waals surface area contributed by atoms with Gasteiger partial charge in [0.15, 0.2) is 0 Å². The summed E-state index contributed by atoms with van der Waals surface area (Å²) in [5.41, 5.74) is 2.92. The monoisotopic (exact) mass is 338 g/mol. The van der Waals surface area contributed by atoms with Crippen molar-refractivity contribution in [2.24, 2.45) is 0 Å². The SMILES string of the molecule is COc1ccc(-c2csc3nc(Nc4cc(C)ncn4)nn23)cc1. The van der Waals surface area contributed by atoms with E-state index >= 15 is 0 Å². The van der Waals surface area contributed by atoms with E-state index in [0.29, 0.717) is 11.8 Å². The fourth-order valence-corrected chi connectivity index (χ4v) is 3.16. The van der Waals surface area contributed by atoms with Gasteiger partial charge in [0, 0.05) is 22.7 Å². The molecule has 0 spiro atoms. The van der Waals surface area contributed by atoms with Crippen LogP contribution >= 0.6 is 11.3 Å². The summed E-state index contributed by atoms with van der Waals surface area (Å²) in [6.07, 6.45) is 1.51. The van der Waals surface area contributed by atoms with Crippen LogP contribution in [0.15, 0.2) is 42.0 Å². The average molecular weight is 338 g/mol. The number of thiazole rings is 1. The molecule has 3 heterocycles. The fourth-order valence-electron chi connectivity index (χ4n) is 2.33. The normalized spacial score (nSPS) is 10.9. The molecule has 0 unspecified atom stereocenters. The maximum Gasteiger partial charge on any atom is 0.249 e. The lowest BCUT2D eigenvalue weighted by molar-refractivity contribution is 0.415. The molecule has 0 radical (unpaired) electrons. The molecule has 0 aliphatic rings. The number of anilines is 2. The highest BCUT2D eigenvalue weighted by Gasteiger charge is 2.12. The number of aromatic nitrogens is 5. The molecule has 0 saturated heterocycles. The number of fused-ring (bicyclic) bond motifs is 1. The van der Waals surface area contributed by atoms with Crippen molar-refractivity contribution >= 4 is 28.1 Å². The number of aryl methyl sites for hydroxylation is 1. The molecule has 0 fully saturated rings. The van der Waals surface area contributed by atoms with E-state index in [4.69, 9.17) is 4.74 Å². The first kappa shape index (κ1) is 14.6. The maximum absolute atomic E-state index is 5.20. The molecule has 0 amide bonds. The van der Waals surface area contributed by atoms with Crippen molar-refractivity contribution in [3.63, 3.8) is 0 Å². The van der Waals surface area contributed by atoms with Gasteiger partial charge in [0.25, 0.3) is 0 Å². The van der Waals surface area contributed by atoms with Gasteiger partial charge in [0.2, 0.25) is 10.9 Å². The molecule has 4 rings (SSSR count). The van der Waals surface area contributed by atoms with Gasteiger partial charge in [-0.1, -0.05) is 0 Å². The number of nitrogens with zero attached hydrogens (tertiary/aromatic N) is 5. The summed E-state index contributed by atoms with van der Waals surface area (Å²) in [4.78, 5) is 13.5. The highest BCUT2D eigenvalue weighted by atomic mass is 32.1. The topological polar surface area (TPSA) is 77.2 Å². The predicted octanol–water partition coefficient (Wildman–Crippen LogP) is 3.31. The molecular weight excluding hydrogens is 324 g/mol. The minimum atomic E-state index is 0.509. The van der Waals surface area contributed by atoms with Crippen LogP contribution in [0, 0.1) is 6.92 Å². The van der Waals surface area contributed by atoms with Crippen LogP contribution in [-0.2, 0) is 0 Å². The van der Waals surface area contributed by atoms with Gasteiger partial charge >= 0.3 is 0 Å². The Morgan fingerprint density at radius 3 is 2.75 bits per heavy atom. The van der Waals surface area contributed by atoms with E-state index in [1.165, 1.54) is 17.7 Å². The molecule has 24 heavy (non-hydrogen) atoms. The van der Waals surface area contributed by atoms with E-state index in [1.54, 1.807) is 7.11 Å². The number of rotatable bonds is 4. The molecule has 0 bridgehead atoms. The largest absolute Gasteiger partial charge is 0.497 e. The first-order chi connectivity index (χ1) is 11.7. The Morgan fingerprint density at radius 2 is 2.00 bits per heavy atom. The van der Waals surface area contributed by atoms with Gasteiger partial charge in [-0.25, -0.2) is 14.5 Å². The minimum absolute atomic E-state index is 0.509. The molecule has 1 N–H and O–H groups in total. The zero-order chi connectivity index (χ0) is 16.5. The maximum atomic E-state index is 5.20. The zero-order valence-corrected chi connectivity index (χ0v) is 13.9. The van der Waals surface area contributed by atoms with Gasteiger partial charge in [-0.2, -0.15) is 4.98 Å². The van der Waals surface area contributed by atoms with Crippen molar-refractivity contribution in [3.05, 3.63) is 47.7 Å². The number of hydrogen-bond donors (Lipinski definition) is 1. The molecule has 0 atom stereocenters. The third-order valence-electron chi connectivity index (χ3n) is 3.51. The first-order valence-corrected chi connectivity index (χ1v) is 8.15. The molecule has 3 aromatic heterocycles. The number of benzene rings is 1. The molecule has 8 heteroatoms. The van der Waals surface area contributed by atoms with Crippen LogP contribution in [0.1, 0.15) is 5.69 Å². The lowest BCUT2D eigenvalue weighted by atomic mass is 10.2. The van der Waals surface area contributed by atoms with Crippen molar-refractivity contribution < 1.29 is 4.74 Å². The first-order valence-electron chi connectivity index (χ1n) is 7.27. The fraction of sp³-hybridized carbons (Fsp3) is 0.125. The molecule has 120 valence electrons. The summed E-state index contributed by atoms with van der Waals surface area (Å²) in [5, 5.41) is 9.68. The number of methoxy groups -OCH3 is 1. The molecule has 4 aromatic rings. The summed E-state index contributed by atoms with van der Waals surface area (Å²) in [6.45, 7) is 1.91. The summed E-state index contributed by atoms with van der Waals surface area (Å²) < 4.78 is 7.02. The quantitative estimate of drug-likeness (QED) is 0.615. The molecule has 7 nitrogen and oxygen atoms in total. The zero-order valence-electron chi connectivity index (χ0n) is 13.1. The summed E-state index contributed by atoms with van der Waals surface area (Å²) in [6, 6.07) is 9.71. The highest BCUT2D eigenvalue weighted by Crippen LogP contribution is 2.27. The Bertz CT molecular complexity index is 991. The van der Waals surface area contributed by atoms with Gasteiger partial charge < -0.3 is 10.1 Å². The Balaban J connectivity index is 1.67. The van der Waals surface area contributed by atoms with Crippen LogP contribution in [0.25, 0.3) is 16.2 Å². The van der Waals surface area contributed by atoms with Crippen LogP contribution in [-0.4, -0.2) is 31.7 Å². The Kier molecular flexibility index (Phi) is 3.58. The van der Waals surface area contributed by atoms with Crippen LogP contribution in [0.2, 0.25) is 0 Å². The average Bonchev–Trinajstić information content (AvgIpc) is 3.15. The third-order valence-corrected chi connectivity index (χ3v) is 4.33. The molecular formula is C16H14N6OS. The lowest BCUT2D eigenvalue weighted by Crippen LogP contribution is -1.97. The summed E-state index contributed by atoms with van der Waals surface area (Å²) >= 11 is 1.54. The van der Waals surface area contributed by atoms with Crippen molar-refractivity contribution in [3.8, 4) is 17.0 Å². The van der Waals surface area contributed by atoms with Crippen LogP contribution in [0.4, 0.5) is 11.8 Å². The van der Waals surface area contributed by atoms with Gasteiger partial charge in [0.1, 0.15) is 17.9 Å². The van der Waals surface area contributed by atoms with Crippen LogP contribution in [0.3, 0.4) is 0 Å². The second-order valence-electron chi connectivity index (χ2n) is 5.15. The van der Waals surface area contributed by atoms with Gasteiger partial charge in [-0.15, -0.1) is 16.4 Å². The predicted molar refractivity (Wildman–Crippen MR) is 92.9 cm³/mol. The molecule has 1 aromatic carbocycles. The van der Waals surface area contributed by atoms with Crippen molar-refractivity contribution in [2.75, 3.05) is 12.4 Å². The van der Waals surface area contributed by atoms with E-state index in [0.717, 1.165) is 27.7 Å². The molecule has 0 aliphatic heterocycles. The summed E-state index contributed by atoms with van der Waals surface area (Å²) in [7, 11) is 1.65. The number of nitrogens with one attached hydrogen (secondary N) is 1. The van der Waals surface area contributed by atoms with E-state index in [2.05, 4.69) is 25.4 Å². The molecule has 0 aliphatic carbocycles. The smallest absolute Gasteiger partial charge is 0.249 e. The van der Waals surface area contributed by atoms with Crippen molar-refractivity contribution in [1.29, 1.82) is 0 Å². The van der Waals surface area contributed by atoms with E-state index in [-0.39, 0.29) is 0 Å². The highest BCUT2D eigenvalue weighted by molar-refractivity contribution is 7.15. The Hall–Kier alpha value is -3.00. The van der Waals surface area contributed by atoms with E-state index in [9.17, 15) is 0 Å². The van der Waals surface area contributed by atoms with Crippen molar-refractivity contribution in [2.45, 2.75) is 6.92 Å².